The molecule has 1 aliphatic rings. The Hall–Kier alpha value is -2.05. The third kappa shape index (κ3) is 4.82. The molecule has 148 valence electrons. The van der Waals surface area contributed by atoms with E-state index in [1.807, 2.05) is 42.0 Å². The molecule has 3 rings (SSSR count). The highest BCUT2D eigenvalue weighted by Crippen LogP contribution is 2.32. The molecule has 0 spiro atoms. The molecule has 1 amide bonds. The summed E-state index contributed by atoms with van der Waals surface area (Å²) in [6, 6.07) is 7.62. The number of aromatic nitrogens is 1. The number of anilines is 1. The second kappa shape index (κ2) is 8.76. The number of hydrogen-bond donors (Lipinski definition) is 2. The summed E-state index contributed by atoms with van der Waals surface area (Å²) >= 11 is 0. The molecule has 1 saturated carbocycles. The monoisotopic (exact) mass is 393 g/mol. The van der Waals surface area contributed by atoms with Crippen molar-refractivity contribution in [1.82, 2.24) is 4.57 Å². The van der Waals surface area contributed by atoms with Crippen molar-refractivity contribution in [2.45, 2.75) is 51.6 Å². The first-order valence-corrected chi connectivity index (χ1v) is 9.25. The molecule has 2 atom stereocenters. The molecule has 0 aliphatic heterocycles. The Morgan fingerprint density at radius 1 is 1.33 bits per heavy atom. The Bertz CT molecular complexity index is 816. The van der Waals surface area contributed by atoms with Crippen molar-refractivity contribution in [3.63, 3.8) is 0 Å². The van der Waals surface area contributed by atoms with Crippen LogP contribution in [0.1, 0.15) is 39.5 Å². The molecule has 1 aromatic carbocycles. The van der Waals surface area contributed by atoms with Gasteiger partial charge < -0.3 is 20.4 Å². The second-order valence-corrected chi connectivity index (χ2v) is 7.32. The molecule has 2 aromatic rings. The zero-order valence-corrected chi connectivity index (χ0v) is 16.7. The number of esters is 1. The molecule has 0 saturated heterocycles. The van der Waals surface area contributed by atoms with Crippen LogP contribution < -0.4 is 11.1 Å². The number of nitrogens with zero attached hydrogens (tertiary/aromatic N) is 1. The van der Waals surface area contributed by atoms with Gasteiger partial charge >= 0.3 is 5.97 Å². The van der Waals surface area contributed by atoms with Gasteiger partial charge in [0.05, 0.1) is 12.5 Å². The Morgan fingerprint density at radius 3 is 2.81 bits per heavy atom. The normalized spacial score (nSPS) is 22.1. The van der Waals surface area contributed by atoms with Crippen molar-refractivity contribution < 1.29 is 14.3 Å². The van der Waals surface area contributed by atoms with Crippen LogP contribution in [0.5, 0.6) is 0 Å². The van der Waals surface area contributed by atoms with Crippen LogP contribution in [0.2, 0.25) is 0 Å². The first kappa shape index (κ1) is 21.3. The van der Waals surface area contributed by atoms with Crippen LogP contribution in [-0.4, -0.2) is 28.6 Å². The van der Waals surface area contributed by atoms with Crippen molar-refractivity contribution in [3.05, 3.63) is 30.5 Å². The first-order chi connectivity index (χ1) is 12.4. The van der Waals surface area contributed by atoms with E-state index in [-0.39, 0.29) is 36.7 Å². The van der Waals surface area contributed by atoms with Gasteiger partial charge in [-0.2, -0.15) is 0 Å². The average Bonchev–Trinajstić information content (AvgIpc) is 2.96. The molecule has 1 aromatic heterocycles. The summed E-state index contributed by atoms with van der Waals surface area (Å²) in [5.74, 6) is -0.442. The van der Waals surface area contributed by atoms with E-state index >= 15 is 0 Å². The van der Waals surface area contributed by atoms with Crippen LogP contribution in [0.15, 0.2) is 30.5 Å². The molecule has 3 N–H and O–H groups in total. The van der Waals surface area contributed by atoms with Gasteiger partial charge in [0.25, 0.3) is 0 Å². The van der Waals surface area contributed by atoms with E-state index in [0.29, 0.717) is 6.61 Å². The number of ether oxygens (including phenoxy) is 1. The summed E-state index contributed by atoms with van der Waals surface area (Å²) in [7, 11) is 0. The maximum atomic E-state index is 12.7. The van der Waals surface area contributed by atoms with Crippen LogP contribution in [-0.2, 0) is 20.9 Å². The first-order valence-electron chi connectivity index (χ1n) is 9.25. The minimum atomic E-state index is -0.449. The van der Waals surface area contributed by atoms with Gasteiger partial charge in [0, 0.05) is 28.3 Å². The van der Waals surface area contributed by atoms with Gasteiger partial charge in [0.1, 0.15) is 6.54 Å². The van der Waals surface area contributed by atoms with Gasteiger partial charge in [-0.15, -0.1) is 12.4 Å². The lowest BCUT2D eigenvalue weighted by molar-refractivity contribution is -0.143. The third-order valence-corrected chi connectivity index (χ3v) is 5.21. The summed E-state index contributed by atoms with van der Waals surface area (Å²) in [4.78, 5) is 24.4. The fourth-order valence-corrected chi connectivity index (χ4v) is 3.78. The van der Waals surface area contributed by atoms with Crippen LogP contribution in [0.3, 0.4) is 0 Å². The third-order valence-electron chi connectivity index (χ3n) is 5.21. The van der Waals surface area contributed by atoms with Gasteiger partial charge in [0.15, 0.2) is 0 Å². The number of fused-ring (bicyclic) bond motifs is 1. The Morgan fingerprint density at radius 2 is 2.11 bits per heavy atom. The summed E-state index contributed by atoms with van der Waals surface area (Å²) in [5.41, 5.74) is 7.56. The molecule has 7 heteroatoms. The van der Waals surface area contributed by atoms with E-state index in [1.165, 1.54) is 0 Å². The van der Waals surface area contributed by atoms with Gasteiger partial charge in [-0.3, -0.25) is 9.59 Å². The summed E-state index contributed by atoms with van der Waals surface area (Å²) in [6.45, 7) is 4.31. The fraction of sp³-hybridized carbons (Fsp3) is 0.500. The maximum Gasteiger partial charge on any atom is 0.325 e. The lowest BCUT2D eigenvalue weighted by Crippen LogP contribution is -2.51. The highest BCUT2D eigenvalue weighted by molar-refractivity contribution is 5.96. The minimum Gasteiger partial charge on any atom is -0.465 e. The van der Waals surface area contributed by atoms with Crippen LogP contribution in [0.25, 0.3) is 10.9 Å². The van der Waals surface area contributed by atoms with Crippen molar-refractivity contribution in [2.75, 3.05) is 11.9 Å². The Labute approximate surface area is 165 Å². The number of halogens is 1. The highest BCUT2D eigenvalue weighted by atomic mass is 35.5. The number of nitrogens with one attached hydrogen (secondary N) is 1. The molecular formula is C20H28ClN3O3. The predicted molar refractivity (Wildman–Crippen MR) is 109 cm³/mol. The van der Waals surface area contributed by atoms with Gasteiger partial charge in [-0.25, -0.2) is 0 Å². The lowest BCUT2D eigenvalue weighted by Gasteiger charge is -2.37. The summed E-state index contributed by atoms with van der Waals surface area (Å²) in [5, 5.41) is 3.97. The highest BCUT2D eigenvalue weighted by Gasteiger charge is 2.37. The van der Waals surface area contributed by atoms with E-state index in [2.05, 4.69) is 5.32 Å². The molecule has 0 radical (unpaired) electrons. The van der Waals surface area contributed by atoms with E-state index in [4.69, 9.17) is 10.5 Å². The van der Waals surface area contributed by atoms with Gasteiger partial charge in [0.2, 0.25) is 5.91 Å². The smallest absolute Gasteiger partial charge is 0.325 e. The standard InChI is InChI=1S/C20H27N3O3.ClH/c1-3-26-18(24)13-23-11-9-14-12-15(7-8-17(14)23)22-19(25)16-6-4-5-10-20(16,2)21;/h7-9,11-12,16H,3-6,10,13,21H2,1-2H3,(H,22,25);1H. The van der Waals surface area contributed by atoms with E-state index in [9.17, 15) is 9.59 Å². The lowest BCUT2D eigenvalue weighted by atomic mass is 9.74. The minimum absolute atomic E-state index is 0. The van der Waals surface area contributed by atoms with Crippen LogP contribution in [0, 0.1) is 5.92 Å². The number of hydrogen-bond acceptors (Lipinski definition) is 4. The summed E-state index contributed by atoms with van der Waals surface area (Å²) < 4.78 is 6.84. The van der Waals surface area contributed by atoms with E-state index in [1.54, 1.807) is 6.92 Å². The number of nitrogens with two attached hydrogens (primary N) is 1. The number of carbonyl (C=O) groups is 2. The molecule has 1 aliphatic carbocycles. The van der Waals surface area contributed by atoms with Crippen LogP contribution >= 0.6 is 12.4 Å². The Kier molecular flexibility index (Phi) is 6.89. The molecule has 6 nitrogen and oxygen atoms in total. The molecule has 1 heterocycles. The summed E-state index contributed by atoms with van der Waals surface area (Å²) in [6.07, 6.45) is 5.68. The van der Waals surface area contributed by atoms with Crippen LogP contribution in [0.4, 0.5) is 5.69 Å². The van der Waals surface area contributed by atoms with E-state index in [0.717, 1.165) is 42.3 Å². The molecule has 2 unspecified atom stereocenters. The SMILES string of the molecule is CCOC(=O)Cn1ccc2cc(NC(=O)C3CCCCC3(C)N)ccc21.Cl. The average molecular weight is 394 g/mol. The number of rotatable bonds is 5. The van der Waals surface area contributed by atoms with Crippen molar-refractivity contribution in [1.29, 1.82) is 0 Å². The molecule has 27 heavy (non-hydrogen) atoms. The Balaban J connectivity index is 0.00000261. The zero-order chi connectivity index (χ0) is 18.7. The number of carbonyl (C=O) groups excluding carboxylic acids is 2. The number of amides is 1. The molecule has 1 fully saturated rings. The molecule has 0 bridgehead atoms. The predicted octanol–water partition coefficient (Wildman–Crippen LogP) is 3.47. The topological polar surface area (TPSA) is 86.3 Å². The largest absolute Gasteiger partial charge is 0.465 e. The van der Waals surface area contributed by atoms with E-state index < -0.39 is 5.54 Å². The second-order valence-electron chi connectivity index (χ2n) is 7.32. The van der Waals surface area contributed by atoms with Gasteiger partial charge in [-0.05, 0) is 51.0 Å². The van der Waals surface area contributed by atoms with Crippen molar-refractivity contribution >= 4 is 40.9 Å². The van der Waals surface area contributed by atoms with Crippen molar-refractivity contribution in [2.24, 2.45) is 11.7 Å². The fourth-order valence-electron chi connectivity index (χ4n) is 3.78. The number of benzene rings is 1. The maximum absolute atomic E-state index is 12.7. The zero-order valence-electron chi connectivity index (χ0n) is 15.9. The quantitative estimate of drug-likeness (QED) is 0.761. The molecular weight excluding hydrogens is 366 g/mol. The van der Waals surface area contributed by atoms with Crippen molar-refractivity contribution in [3.8, 4) is 0 Å². The van der Waals surface area contributed by atoms with Gasteiger partial charge in [-0.1, -0.05) is 12.8 Å².